The molecule has 10 heteroatoms. The van der Waals surface area contributed by atoms with Crippen molar-refractivity contribution < 1.29 is 8.96 Å². The van der Waals surface area contributed by atoms with Gasteiger partial charge in [0.05, 0.1) is 16.3 Å². The van der Waals surface area contributed by atoms with Crippen molar-refractivity contribution >= 4 is 44.5 Å². The first-order chi connectivity index (χ1) is 22.0. The Bertz CT molecular complexity index is 1950. The molecule has 0 fully saturated rings. The molecular weight excluding hydrogens is 623 g/mol. The first-order valence-electron chi connectivity index (χ1n) is 14.9. The van der Waals surface area contributed by atoms with Crippen LogP contribution in [0.1, 0.15) is 32.3 Å². The van der Waals surface area contributed by atoms with E-state index >= 15 is 0 Å². The quantitative estimate of drug-likeness (QED) is 0.107. The Kier molecular flexibility index (Phi) is 9.49. The van der Waals surface area contributed by atoms with Gasteiger partial charge in [-0.15, -0.1) is 0 Å². The number of halogens is 2. The Morgan fingerprint density at radius 1 is 0.778 bits per heavy atom. The summed E-state index contributed by atoms with van der Waals surface area (Å²) in [5.74, 6) is -0.540. The van der Waals surface area contributed by atoms with Crippen LogP contribution in [0.25, 0.3) is 48.8 Å². The van der Waals surface area contributed by atoms with Crippen LogP contribution in [-0.4, -0.2) is 28.0 Å². The molecule has 4 heterocycles. The average molecular weight is 656 g/mol. The van der Waals surface area contributed by atoms with E-state index in [-0.39, 0.29) is 0 Å². The third-order valence-corrected chi connectivity index (χ3v) is 9.87. The van der Waals surface area contributed by atoms with Gasteiger partial charge in [-0.05, 0) is 54.9 Å². The van der Waals surface area contributed by atoms with E-state index in [2.05, 4.69) is 81.4 Å². The molecule has 0 radical (unpaired) electrons. The van der Waals surface area contributed by atoms with Crippen molar-refractivity contribution in [3.8, 4) is 48.8 Å². The molecule has 6 nitrogen and oxygen atoms in total. The van der Waals surface area contributed by atoms with E-state index in [0.717, 1.165) is 90.6 Å². The molecular formula is C35H33ClFN6S2+. The highest BCUT2D eigenvalue weighted by molar-refractivity contribution is 7.19. The van der Waals surface area contributed by atoms with Gasteiger partial charge in [0.25, 0.3) is 0 Å². The predicted molar refractivity (Wildman–Crippen MR) is 186 cm³/mol. The second-order valence-electron chi connectivity index (χ2n) is 10.6. The van der Waals surface area contributed by atoms with Crippen molar-refractivity contribution in [3.63, 3.8) is 0 Å². The lowest BCUT2D eigenvalue weighted by atomic mass is 9.96. The second kappa shape index (κ2) is 13.9. The van der Waals surface area contributed by atoms with Gasteiger partial charge >= 0.3 is 5.13 Å². The standard InChI is InChI=1S/C35H32ClFN6S2/c1-4-14-39-34-42-20-31(44-34)25-13-16-38-18-27(25)23-10-8-12-30(22(23)3)43-21-32(45-35(43)40-15-5-2)26-17-33(37)41-19-28(26)24-9-6-7-11-29(24)36/h6-13,16-21H,4-5,14-15H2,1-3H3,(H,38,39,42)/p+1. The van der Waals surface area contributed by atoms with Gasteiger partial charge in [0.2, 0.25) is 5.95 Å². The Morgan fingerprint density at radius 2 is 1.56 bits per heavy atom. The predicted octanol–water partition coefficient (Wildman–Crippen LogP) is 9.68. The van der Waals surface area contributed by atoms with Gasteiger partial charge in [-0.2, -0.15) is 8.96 Å². The van der Waals surface area contributed by atoms with Crippen molar-refractivity contribution in [2.45, 2.75) is 33.6 Å². The van der Waals surface area contributed by atoms with Crippen LogP contribution >= 0.6 is 34.3 Å². The zero-order valence-electron chi connectivity index (χ0n) is 25.3. The molecule has 0 spiro atoms. The summed E-state index contributed by atoms with van der Waals surface area (Å²) in [6, 6.07) is 17.4. The van der Waals surface area contributed by atoms with E-state index in [1.165, 1.54) is 6.07 Å². The Labute approximate surface area is 275 Å². The molecule has 0 aliphatic carbocycles. The number of pyridine rings is 2. The largest absolute Gasteiger partial charge is 0.362 e. The van der Waals surface area contributed by atoms with Crippen molar-refractivity contribution in [1.82, 2.24) is 15.0 Å². The number of hydrogen-bond acceptors (Lipinski definition) is 7. The Hall–Kier alpha value is -4.18. The number of benzene rings is 2. The summed E-state index contributed by atoms with van der Waals surface area (Å²) >= 11 is 9.81. The Balaban J connectivity index is 1.47. The smallest absolute Gasteiger partial charge is 0.339 e. The number of rotatable bonds is 11. The van der Waals surface area contributed by atoms with Gasteiger partial charge in [-0.25, -0.2) is 9.97 Å². The maximum Gasteiger partial charge on any atom is 0.339 e. The van der Waals surface area contributed by atoms with Crippen molar-refractivity contribution in [2.75, 3.05) is 23.7 Å². The topological polar surface area (TPSA) is 66.6 Å². The van der Waals surface area contributed by atoms with Crippen molar-refractivity contribution in [3.05, 3.63) is 102 Å². The molecule has 2 aromatic carbocycles. The van der Waals surface area contributed by atoms with E-state index in [1.807, 2.05) is 42.9 Å². The lowest BCUT2D eigenvalue weighted by Crippen LogP contribution is -2.32. The maximum atomic E-state index is 14.7. The fourth-order valence-electron chi connectivity index (χ4n) is 5.25. The maximum absolute atomic E-state index is 14.7. The first-order valence-corrected chi connectivity index (χ1v) is 16.9. The normalized spacial score (nSPS) is 11.1. The third-order valence-electron chi connectivity index (χ3n) is 7.47. The minimum atomic E-state index is -0.540. The van der Waals surface area contributed by atoms with E-state index in [1.54, 1.807) is 28.9 Å². The highest BCUT2D eigenvalue weighted by Crippen LogP contribution is 2.41. The summed E-state index contributed by atoms with van der Waals surface area (Å²) < 4.78 is 16.8. The molecule has 0 atom stereocenters. The van der Waals surface area contributed by atoms with Crippen LogP contribution in [0, 0.1) is 12.9 Å². The molecule has 0 aliphatic rings. The summed E-state index contributed by atoms with van der Waals surface area (Å²) in [4.78, 5) is 15.1. The highest BCUT2D eigenvalue weighted by atomic mass is 35.5. The summed E-state index contributed by atoms with van der Waals surface area (Å²) in [6.45, 7) is 8.10. The lowest BCUT2D eigenvalue weighted by molar-refractivity contribution is -0.575. The van der Waals surface area contributed by atoms with Crippen LogP contribution in [0.3, 0.4) is 0 Å². The van der Waals surface area contributed by atoms with E-state index in [0.29, 0.717) is 5.02 Å². The summed E-state index contributed by atoms with van der Waals surface area (Å²) in [7, 11) is 0. The Morgan fingerprint density at radius 3 is 2.38 bits per heavy atom. The first kappa shape index (κ1) is 30.8. The summed E-state index contributed by atoms with van der Waals surface area (Å²) in [5.41, 5.74) is 7.65. The zero-order chi connectivity index (χ0) is 31.3. The average Bonchev–Trinajstić information content (AvgIpc) is 3.71. The monoisotopic (exact) mass is 655 g/mol. The molecule has 0 saturated carbocycles. The van der Waals surface area contributed by atoms with Gasteiger partial charge in [-0.1, -0.05) is 67.1 Å². The lowest BCUT2D eigenvalue weighted by Gasteiger charge is -2.13. The minimum Gasteiger partial charge on any atom is -0.362 e. The summed E-state index contributed by atoms with van der Waals surface area (Å²) in [6.07, 6.45) is 11.3. The number of nitrogens with one attached hydrogen (secondary N) is 2. The molecule has 0 unspecified atom stereocenters. The van der Waals surface area contributed by atoms with Crippen LogP contribution in [0.5, 0.6) is 0 Å². The molecule has 6 aromatic rings. The second-order valence-corrected chi connectivity index (χ2v) is 13.0. The molecule has 0 aliphatic heterocycles. The number of thiazole rings is 2. The van der Waals surface area contributed by atoms with E-state index < -0.39 is 5.95 Å². The SMILES string of the molecule is CCCNc1ncc(-c2ccncc2-c2cccc(-[n+]3cc(-c4cc(F)ncc4-c4ccccc4Cl)sc3NCCC)c2C)s1. The minimum absolute atomic E-state index is 0.540. The van der Waals surface area contributed by atoms with Crippen LogP contribution < -0.4 is 15.2 Å². The number of aromatic nitrogens is 4. The molecule has 45 heavy (non-hydrogen) atoms. The third kappa shape index (κ3) is 6.47. The molecule has 0 saturated heterocycles. The number of anilines is 2. The molecule has 228 valence electrons. The van der Waals surface area contributed by atoms with Gasteiger partial charge in [0.1, 0.15) is 11.9 Å². The zero-order valence-corrected chi connectivity index (χ0v) is 27.7. The van der Waals surface area contributed by atoms with Gasteiger partial charge in [0.15, 0.2) is 5.13 Å². The molecule has 4 aromatic heterocycles. The fraction of sp³-hybridized carbons (Fsp3) is 0.200. The summed E-state index contributed by atoms with van der Waals surface area (Å²) in [5, 5.41) is 9.45. The number of nitrogens with zero attached hydrogens (tertiary/aromatic N) is 4. The molecule has 6 rings (SSSR count). The van der Waals surface area contributed by atoms with Crippen LogP contribution in [0.2, 0.25) is 5.02 Å². The van der Waals surface area contributed by atoms with E-state index in [9.17, 15) is 4.39 Å². The highest BCUT2D eigenvalue weighted by Gasteiger charge is 2.24. The van der Waals surface area contributed by atoms with Gasteiger partial charge in [-0.3, -0.25) is 10.3 Å². The van der Waals surface area contributed by atoms with Crippen LogP contribution in [-0.2, 0) is 0 Å². The molecule has 2 N–H and O–H groups in total. The van der Waals surface area contributed by atoms with Crippen LogP contribution in [0.15, 0.2) is 85.6 Å². The van der Waals surface area contributed by atoms with Crippen molar-refractivity contribution in [2.24, 2.45) is 0 Å². The molecule has 0 amide bonds. The number of hydrogen-bond donors (Lipinski definition) is 2. The molecule has 0 bridgehead atoms. The van der Waals surface area contributed by atoms with Gasteiger partial charge < -0.3 is 5.32 Å². The van der Waals surface area contributed by atoms with Crippen LogP contribution in [0.4, 0.5) is 14.7 Å². The van der Waals surface area contributed by atoms with Gasteiger partial charge in [0, 0.05) is 75.8 Å². The fourth-order valence-corrected chi connectivity index (χ4v) is 7.44. The van der Waals surface area contributed by atoms with E-state index in [4.69, 9.17) is 11.6 Å². The van der Waals surface area contributed by atoms with Crippen molar-refractivity contribution in [1.29, 1.82) is 0 Å².